The molecule has 4 rings (SSSR count). The molecule has 0 unspecified atom stereocenters. The lowest BCUT2D eigenvalue weighted by atomic mass is 10.2. The maximum atomic E-state index is 5.77. The predicted octanol–water partition coefficient (Wildman–Crippen LogP) is 3.18. The average molecular weight is 333 g/mol. The van der Waals surface area contributed by atoms with Crippen molar-refractivity contribution in [1.82, 2.24) is 24.3 Å². The van der Waals surface area contributed by atoms with Crippen LogP contribution < -0.4 is 0 Å². The van der Waals surface area contributed by atoms with Crippen molar-refractivity contribution in [2.75, 3.05) is 0 Å². The van der Waals surface area contributed by atoms with Crippen molar-refractivity contribution in [1.29, 1.82) is 0 Å². The summed E-state index contributed by atoms with van der Waals surface area (Å²) >= 11 is 0. The van der Waals surface area contributed by atoms with Gasteiger partial charge in [0.1, 0.15) is 19.3 Å². The quantitative estimate of drug-likeness (QED) is 0.563. The maximum Gasteiger partial charge on any atom is 0.152 e. The molecule has 0 N–H and O–H groups in total. The van der Waals surface area contributed by atoms with Crippen molar-refractivity contribution in [2.45, 2.75) is 20.1 Å². The highest BCUT2D eigenvalue weighted by Crippen LogP contribution is 2.20. The Labute approximate surface area is 145 Å². The summed E-state index contributed by atoms with van der Waals surface area (Å²) in [7, 11) is 1.86. The molecule has 0 spiro atoms. The highest BCUT2D eigenvalue weighted by molar-refractivity contribution is 5.78. The fraction of sp³-hybridized carbons (Fsp3) is 0.211. The number of hydrogen-bond donors (Lipinski definition) is 0. The molecule has 6 heteroatoms. The third-order valence-electron chi connectivity index (χ3n) is 4.20. The fourth-order valence-corrected chi connectivity index (χ4v) is 2.84. The minimum atomic E-state index is 0.439. The van der Waals surface area contributed by atoms with Crippen molar-refractivity contribution in [3.05, 3.63) is 72.1 Å². The highest BCUT2D eigenvalue weighted by atomic mass is 16.5. The third kappa shape index (κ3) is 3.16. The molecule has 0 atom stereocenters. The standard InChI is InChI=1S/C19H19N5O/c1-14-6-7-18-17(8-14)21-13-24(18)16-5-3-4-15(9-16)10-25-11-19-20-12-22-23(19)2/h3-9,12-13H,10-11H2,1-2H3. The van der Waals surface area contributed by atoms with Gasteiger partial charge in [-0.05, 0) is 42.3 Å². The van der Waals surface area contributed by atoms with Crippen LogP contribution in [0.3, 0.4) is 0 Å². The first-order valence-corrected chi connectivity index (χ1v) is 8.14. The Hall–Kier alpha value is -2.99. The van der Waals surface area contributed by atoms with Gasteiger partial charge in [0.05, 0.1) is 17.6 Å². The number of fused-ring (bicyclic) bond motifs is 1. The monoisotopic (exact) mass is 333 g/mol. The fourth-order valence-electron chi connectivity index (χ4n) is 2.84. The molecule has 2 heterocycles. The van der Waals surface area contributed by atoms with Crippen molar-refractivity contribution < 1.29 is 4.74 Å². The molecule has 2 aromatic carbocycles. The molecule has 126 valence electrons. The lowest BCUT2D eigenvalue weighted by molar-refractivity contribution is 0.0993. The molecule has 0 saturated carbocycles. The second-order valence-electron chi connectivity index (χ2n) is 6.07. The number of rotatable bonds is 5. The van der Waals surface area contributed by atoms with E-state index in [9.17, 15) is 0 Å². The summed E-state index contributed by atoms with van der Waals surface area (Å²) in [6.07, 6.45) is 3.40. The van der Waals surface area contributed by atoms with Crippen LogP contribution in [0.15, 0.2) is 55.1 Å². The molecule has 0 radical (unpaired) electrons. The normalized spacial score (nSPS) is 11.3. The molecule has 0 amide bonds. The zero-order chi connectivity index (χ0) is 17.2. The minimum Gasteiger partial charge on any atom is -0.369 e. The summed E-state index contributed by atoms with van der Waals surface area (Å²) in [5.74, 6) is 0.812. The topological polar surface area (TPSA) is 57.8 Å². The largest absolute Gasteiger partial charge is 0.369 e. The van der Waals surface area contributed by atoms with Gasteiger partial charge in [0.25, 0.3) is 0 Å². The van der Waals surface area contributed by atoms with Gasteiger partial charge in [0.15, 0.2) is 5.82 Å². The van der Waals surface area contributed by atoms with Crippen LogP contribution in [0.1, 0.15) is 17.0 Å². The lowest BCUT2D eigenvalue weighted by Gasteiger charge is -2.08. The molecular formula is C19H19N5O. The second kappa shape index (κ2) is 6.49. The summed E-state index contributed by atoms with van der Waals surface area (Å²) < 4.78 is 9.59. The van der Waals surface area contributed by atoms with E-state index in [2.05, 4.69) is 63.0 Å². The summed E-state index contributed by atoms with van der Waals surface area (Å²) in [5.41, 5.74) is 5.50. The van der Waals surface area contributed by atoms with E-state index in [0.717, 1.165) is 28.1 Å². The summed E-state index contributed by atoms with van der Waals surface area (Å²) in [4.78, 5) is 8.67. The van der Waals surface area contributed by atoms with Gasteiger partial charge >= 0.3 is 0 Å². The van der Waals surface area contributed by atoms with E-state index in [1.54, 1.807) is 4.68 Å². The maximum absolute atomic E-state index is 5.77. The molecule has 0 fully saturated rings. The summed E-state index contributed by atoms with van der Waals surface area (Å²) in [5, 5.41) is 4.04. The molecule has 0 bridgehead atoms. The van der Waals surface area contributed by atoms with Gasteiger partial charge in [-0.1, -0.05) is 18.2 Å². The number of imidazole rings is 1. The number of hydrogen-bond acceptors (Lipinski definition) is 4. The van der Waals surface area contributed by atoms with E-state index < -0.39 is 0 Å². The molecule has 0 saturated heterocycles. The molecule has 0 aliphatic carbocycles. The Morgan fingerprint density at radius 1 is 1.04 bits per heavy atom. The Balaban J connectivity index is 1.53. The smallest absolute Gasteiger partial charge is 0.152 e. The zero-order valence-corrected chi connectivity index (χ0v) is 14.3. The van der Waals surface area contributed by atoms with Crippen LogP contribution >= 0.6 is 0 Å². The highest BCUT2D eigenvalue weighted by Gasteiger charge is 2.06. The first kappa shape index (κ1) is 15.5. The van der Waals surface area contributed by atoms with Crippen LogP contribution in [-0.4, -0.2) is 24.3 Å². The number of aromatic nitrogens is 5. The molecule has 4 aromatic rings. The van der Waals surface area contributed by atoms with Gasteiger partial charge in [-0.25, -0.2) is 9.97 Å². The van der Waals surface area contributed by atoms with Crippen molar-refractivity contribution in [3.8, 4) is 5.69 Å². The van der Waals surface area contributed by atoms with Gasteiger partial charge in [0, 0.05) is 12.7 Å². The Kier molecular flexibility index (Phi) is 4.03. The second-order valence-corrected chi connectivity index (χ2v) is 6.07. The predicted molar refractivity (Wildman–Crippen MR) is 95.3 cm³/mol. The van der Waals surface area contributed by atoms with Crippen LogP contribution in [0.5, 0.6) is 0 Å². The molecular weight excluding hydrogens is 314 g/mol. The van der Waals surface area contributed by atoms with Gasteiger partial charge < -0.3 is 4.74 Å². The van der Waals surface area contributed by atoms with Crippen LogP contribution in [-0.2, 0) is 25.0 Å². The van der Waals surface area contributed by atoms with Crippen LogP contribution in [0.2, 0.25) is 0 Å². The van der Waals surface area contributed by atoms with Crippen molar-refractivity contribution >= 4 is 11.0 Å². The first-order chi connectivity index (χ1) is 12.2. The summed E-state index contributed by atoms with van der Waals surface area (Å²) in [6.45, 7) is 3.04. The number of benzene rings is 2. The molecule has 0 aliphatic heterocycles. The number of nitrogens with zero attached hydrogens (tertiary/aromatic N) is 5. The number of aryl methyl sites for hydroxylation is 2. The van der Waals surface area contributed by atoms with E-state index in [-0.39, 0.29) is 0 Å². The Morgan fingerprint density at radius 2 is 1.96 bits per heavy atom. The SMILES string of the molecule is Cc1ccc2c(c1)ncn2-c1cccc(COCc2ncnn2C)c1. The van der Waals surface area contributed by atoms with Gasteiger partial charge in [-0.3, -0.25) is 9.25 Å². The van der Waals surface area contributed by atoms with E-state index in [1.807, 2.05) is 19.4 Å². The van der Waals surface area contributed by atoms with Crippen LogP contribution in [0.25, 0.3) is 16.7 Å². The van der Waals surface area contributed by atoms with E-state index in [1.165, 1.54) is 11.9 Å². The van der Waals surface area contributed by atoms with Crippen molar-refractivity contribution in [2.24, 2.45) is 7.05 Å². The first-order valence-electron chi connectivity index (χ1n) is 8.14. The van der Waals surface area contributed by atoms with Gasteiger partial charge in [-0.2, -0.15) is 5.10 Å². The van der Waals surface area contributed by atoms with E-state index in [4.69, 9.17) is 4.74 Å². The summed E-state index contributed by atoms with van der Waals surface area (Å²) in [6, 6.07) is 14.6. The molecule has 6 nitrogen and oxygen atoms in total. The zero-order valence-electron chi connectivity index (χ0n) is 14.3. The van der Waals surface area contributed by atoms with Gasteiger partial charge in [0.2, 0.25) is 0 Å². The van der Waals surface area contributed by atoms with Crippen LogP contribution in [0.4, 0.5) is 0 Å². The minimum absolute atomic E-state index is 0.439. The van der Waals surface area contributed by atoms with E-state index in [0.29, 0.717) is 13.2 Å². The molecule has 25 heavy (non-hydrogen) atoms. The Morgan fingerprint density at radius 3 is 2.80 bits per heavy atom. The third-order valence-corrected chi connectivity index (χ3v) is 4.20. The molecule has 0 aliphatic rings. The average Bonchev–Trinajstić information content (AvgIpc) is 3.21. The van der Waals surface area contributed by atoms with Gasteiger partial charge in [-0.15, -0.1) is 0 Å². The lowest BCUT2D eigenvalue weighted by Crippen LogP contribution is -2.03. The van der Waals surface area contributed by atoms with E-state index >= 15 is 0 Å². The molecule has 2 aromatic heterocycles. The Bertz CT molecular complexity index is 1020. The number of ether oxygens (including phenoxy) is 1. The van der Waals surface area contributed by atoms with Crippen molar-refractivity contribution in [3.63, 3.8) is 0 Å². The van der Waals surface area contributed by atoms with Crippen LogP contribution in [0, 0.1) is 6.92 Å².